The molecule has 0 aromatic heterocycles. The van der Waals surface area contributed by atoms with Crippen molar-refractivity contribution >= 4 is 38.5 Å². The van der Waals surface area contributed by atoms with Crippen molar-refractivity contribution in [1.29, 1.82) is 0 Å². The molecule has 0 spiro atoms. The van der Waals surface area contributed by atoms with E-state index in [0.717, 1.165) is 0 Å². The summed E-state index contributed by atoms with van der Waals surface area (Å²) in [4.78, 5) is 0. The van der Waals surface area contributed by atoms with Gasteiger partial charge in [0.15, 0.2) is 0 Å². The molecule has 0 saturated heterocycles. The first-order valence-electron chi connectivity index (χ1n) is 3.69. The predicted octanol–water partition coefficient (Wildman–Crippen LogP) is -2.02. The average Bonchev–Trinajstić information content (AvgIpc) is 1.97. The predicted molar refractivity (Wildman–Crippen MR) is 55.9 cm³/mol. The Bertz CT molecular complexity index is 252. The molecule has 0 N–H and O–H groups in total. The van der Waals surface area contributed by atoms with Crippen molar-refractivity contribution in [1.82, 2.24) is 0 Å². The van der Waals surface area contributed by atoms with Gasteiger partial charge in [-0.15, -0.1) is 0 Å². The molecule has 0 aliphatic heterocycles. The largest absolute Gasteiger partial charge is 1.00 e. The third-order valence-electron chi connectivity index (χ3n) is 1.02. The second-order valence-electron chi connectivity index (χ2n) is 2.15. The van der Waals surface area contributed by atoms with Crippen LogP contribution < -0.4 is 29.6 Å². The fourth-order valence-electron chi connectivity index (χ4n) is 0.551. The molecule has 0 aliphatic rings. The molecule has 0 bridgehead atoms. The first-order chi connectivity index (χ1) is 5.95. The number of hydrogen-bond acceptors (Lipinski definition) is 6. The number of thioether (sulfide) groups is 1. The van der Waals surface area contributed by atoms with Gasteiger partial charge in [-0.1, -0.05) is 11.8 Å². The van der Waals surface area contributed by atoms with Gasteiger partial charge in [0.1, 0.15) is 0 Å². The van der Waals surface area contributed by atoms with E-state index >= 15 is 0 Å². The molecular formula is C6H11NaO4S3. The maximum absolute atomic E-state index is 10.2. The van der Waals surface area contributed by atoms with Crippen molar-refractivity contribution in [3.8, 4) is 0 Å². The van der Waals surface area contributed by atoms with Crippen LogP contribution in [0.5, 0.6) is 0 Å². The smallest absolute Gasteiger partial charge is 0.748 e. The van der Waals surface area contributed by atoms with E-state index in [2.05, 4.69) is 0 Å². The van der Waals surface area contributed by atoms with Gasteiger partial charge in [-0.3, -0.25) is 0 Å². The molecule has 0 atom stereocenters. The molecule has 0 rings (SSSR count). The van der Waals surface area contributed by atoms with Crippen LogP contribution in [0.3, 0.4) is 0 Å². The first-order valence-corrected chi connectivity index (χ1v) is 6.66. The molecule has 0 aliphatic carbocycles. The van der Waals surface area contributed by atoms with E-state index in [0.29, 0.717) is 23.2 Å². The van der Waals surface area contributed by atoms with Crippen LogP contribution in [-0.4, -0.2) is 35.5 Å². The van der Waals surface area contributed by atoms with Crippen LogP contribution in [-0.2, 0) is 14.9 Å². The molecule has 14 heavy (non-hydrogen) atoms. The molecule has 78 valence electrons. The van der Waals surface area contributed by atoms with Crippen molar-refractivity contribution in [2.45, 2.75) is 13.3 Å². The minimum atomic E-state index is -4.08. The molecule has 4 nitrogen and oxygen atoms in total. The fourth-order valence-corrected chi connectivity index (χ4v) is 2.26. The number of rotatable bonds is 5. The Morgan fingerprint density at radius 3 is 2.57 bits per heavy atom. The van der Waals surface area contributed by atoms with Gasteiger partial charge in [0.25, 0.3) is 0 Å². The Morgan fingerprint density at radius 1 is 1.57 bits per heavy atom. The first kappa shape index (κ1) is 17.5. The monoisotopic (exact) mass is 266 g/mol. The van der Waals surface area contributed by atoms with Crippen LogP contribution in [0, 0.1) is 0 Å². The summed E-state index contributed by atoms with van der Waals surface area (Å²) >= 11 is 6.02. The van der Waals surface area contributed by atoms with E-state index in [1.807, 2.05) is 6.92 Å². The van der Waals surface area contributed by atoms with Gasteiger partial charge < -0.3 is 9.29 Å². The Labute approximate surface area is 116 Å². The maximum atomic E-state index is 10.2. The topological polar surface area (TPSA) is 66.4 Å². The number of ether oxygens (including phenoxy) is 1. The molecule has 0 unspecified atom stereocenters. The summed E-state index contributed by atoms with van der Waals surface area (Å²) in [5.74, 6) is 0.162. The SMILES string of the molecule is CCOC(=S)SCCCS(=O)(=O)[O-].[Na+]. The number of thiocarbonyl (C=S) groups is 1. The Balaban J connectivity index is 0. The molecule has 0 saturated carbocycles. The second kappa shape index (κ2) is 9.38. The van der Waals surface area contributed by atoms with E-state index in [9.17, 15) is 13.0 Å². The summed E-state index contributed by atoms with van der Waals surface area (Å²) in [6.45, 7) is 2.32. The van der Waals surface area contributed by atoms with E-state index in [1.165, 1.54) is 11.8 Å². The van der Waals surface area contributed by atoms with Gasteiger partial charge in [0.05, 0.1) is 16.7 Å². The van der Waals surface area contributed by atoms with Gasteiger partial charge in [-0.05, 0) is 25.6 Å². The zero-order valence-electron chi connectivity index (χ0n) is 8.19. The summed E-state index contributed by atoms with van der Waals surface area (Å²) in [5.41, 5.74) is 0. The molecule has 0 amide bonds. The Hall–Kier alpha value is 1.15. The minimum absolute atomic E-state index is 0. The van der Waals surface area contributed by atoms with Crippen LogP contribution in [0.1, 0.15) is 13.3 Å². The summed E-state index contributed by atoms with van der Waals surface area (Å²) in [7, 11) is -4.08. The fraction of sp³-hybridized carbons (Fsp3) is 0.833. The van der Waals surface area contributed by atoms with Gasteiger partial charge in [-0.2, -0.15) is 0 Å². The Morgan fingerprint density at radius 2 is 2.14 bits per heavy atom. The van der Waals surface area contributed by atoms with Crippen molar-refractivity contribution in [2.24, 2.45) is 0 Å². The van der Waals surface area contributed by atoms with Crippen molar-refractivity contribution < 1.29 is 47.3 Å². The minimum Gasteiger partial charge on any atom is -0.748 e. The van der Waals surface area contributed by atoms with E-state index in [-0.39, 0.29) is 35.3 Å². The van der Waals surface area contributed by atoms with E-state index in [1.54, 1.807) is 0 Å². The van der Waals surface area contributed by atoms with E-state index in [4.69, 9.17) is 17.0 Å². The summed E-state index contributed by atoms with van der Waals surface area (Å²) in [6, 6.07) is 0. The second-order valence-corrected chi connectivity index (χ2v) is 5.37. The maximum Gasteiger partial charge on any atom is 1.00 e. The van der Waals surface area contributed by atoms with Gasteiger partial charge in [-0.25, -0.2) is 8.42 Å². The van der Waals surface area contributed by atoms with Crippen LogP contribution >= 0.6 is 24.0 Å². The molecule has 0 aromatic carbocycles. The van der Waals surface area contributed by atoms with Crippen molar-refractivity contribution in [3.05, 3.63) is 0 Å². The summed E-state index contributed by atoms with van der Waals surface area (Å²) < 4.78 is 35.9. The Kier molecular flexibility index (Phi) is 11.8. The molecule has 8 heteroatoms. The average molecular weight is 266 g/mol. The molecule has 0 fully saturated rings. The normalized spacial score (nSPS) is 10.4. The quantitative estimate of drug-likeness (QED) is 0.248. The molecule has 0 heterocycles. The van der Waals surface area contributed by atoms with Crippen molar-refractivity contribution in [3.63, 3.8) is 0 Å². The van der Waals surface area contributed by atoms with Crippen LogP contribution in [0.15, 0.2) is 0 Å². The molecule has 0 radical (unpaired) electrons. The third kappa shape index (κ3) is 13.2. The van der Waals surface area contributed by atoms with Crippen LogP contribution in [0.4, 0.5) is 0 Å². The summed E-state index contributed by atoms with van der Waals surface area (Å²) in [5, 5.41) is 0. The van der Waals surface area contributed by atoms with Gasteiger partial charge >= 0.3 is 29.6 Å². The van der Waals surface area contributed by atoms with Crippen LogP contribution in [0.25, 0.3) is 0 Å². The molecule has 0 aromatic rings. The standard InChI is InChI=1S/C6H12O4S3.Na/c1-2-10-6(11)12-4-3-5-13(7,8)9;/h2-5H2,1H3,(H,7,8,9);/q;+1/p-1. The molecular weight excluding hydrogens is 255 g/mol. The number of hydrogen-bond donors (Lipinski definition) is 0. The van der Waals surface area contributed by atoms with Crippen LogP contribution in [0.2, 0.25) is 0 Å². The summed E-state index contributed by atoms with van der Waals surface area (Å²) in [6.07, 6.45) is 0.309. The van der Waals surface area contributed by atoms with Crippen molar-refractivity contribution in [2.75, 3.05) is 18.1 Å². The van der Waals surface area contributed by atoms with E-state index < -0.39 is 10.1 Å². The zero-order valence-corrected chi connectivity index (χ0v) is 12.6. The third-order valence-corrected chi connectivity index (χ3v) is 3.13. The zero-order chi connectivity index (χ0) is 10.3. The van der Waals surface area contributed by atoms with Gasteiger partial charge in [0, 0.05) is 11.5 Å². The van der Waals surface area contributed by atoms with Gasteiger partial charge in [0.2, 0.25) is 4.38 Å².